The number of halogens is 3. The fourth-order valence-electron chi connectivity index (χ4n) is 3.83. The van der Waals surface area contributed by atoms with Gasteiger partial charge in [0.05, 0.1) is 5.56 Å². The highest BCUT2D eigenvalue weighted by atomic mass is 19.4. The third-order valence-corrected chi connectivity index (χ3v) is 5.99. The van der Waals surface area contributed by atoms with Crippen LogP contribution in [0.25, 0.3) is 11.1 Å². The van der Waals surface area contributed by atoms with E-state index in [1.807, 2.05) is 50.2 Å². The molecule has 196 valence electrons. The smallest absolute Gasteiger partial charge is 0.425 e. The monoisotopic (exact) mass is 512 g/mol. The molecule has 7 heteroatoms. The highest BCUT2D eigenvalue weighted by Crippen LogP contribution is 2.28. The predicted molar refractivity (Wildman–Crippen MR) is 137 cm³/mol. The fraction of sp³-hybridized carbons (Fsp3) is 0.333. The SMILES string of the molecule is CCOCCCCCC(OC(=O)c1ccc(C(=O)c2ccc(-c3ccc(C)cc3)cc2)cc1)C(F)(F)F. The standard InChI is InChI=1S/C30H31F3O4/c1-3-36-20-6-4-5-7-27(30(31,32)33)37-29(35)26-18-16-25(17-19-26)28(34)24-14-12-23(13-15-24)22-10-8-21(2)9-11-22/h8-19,27H,3-7,20H2,1-2H3. The first-order valence-electron chi connectivity index (χ1n) is 12.4. The van der Waals surface area contributed by atoms with Crippen LogP contribution in [-0.4, -0.2) is 37.2 Å². The summed E-state index contributed by atoms with van der Waals surface area (Å²) in [5.74, 6) is -1.33. The first-order valence-corrected chi connectivity index (χ1v) is 12.4. The molecule has 0 aliphatic rings. The molecule has 3 aromatic carbocycles. The van der Waals surface area contributed by atoms with Gasteiger partial charge in [-0.3, -0.25) is 4.79 Å². The lowest BCUT2D eigenvalue weighted by Crippen LogP contribution is -2.33. The number of rotatable bonds is 12. The van der Waals surface area contributed by atoms with Crippen LogP contribution in [0.3, 0.4) is 0 Å². The zero-order valence-corrected chi connectivity index (χ0v) is 21.0. The molecule has 0 fully saturated rings. The van der Waals surface area contributed by atoms with Crippen LogP contribution in [0.15, 0.2) is 72.8 Å². The Bertz CT molecular complexity index is 1150. The average Bonchev–Trinajstić information content (AvgIpc) is 2.89. The van der Waals surface area contributed by atoms with E-state index >= 15 is 0 Å². The third kappa shape index (κ3) is 8.29. The number of esters is 1. The van der Waals surface area contributed by atoms with Crippen molar-refractivity contribution >= 4 is 11.8 Å². The van der Waals surface area contributed by atoms with Crippen LogP contribution in [0.4, 0.5) is 13.2 Å². The second kappa shape index (κ2) is 13.2. The number of hydrogen-bond donors (Lipinski definition) is 0. The summed E-state index contributed by atoms with van der Waals surface area (Å²) in [5.41, 5.74) is 3.91. The molecule has 0 aliphatic carbocycles. The van der Waals surface area contributed by atoms with Gasteiger partial charge in [-0.05, 0) is 56.4 Å². The molecule has 37 heavy (non-hydrogen) atoms. The minimum atomic E-state index is -4.66. The number of ether oxygens (including phenoxy) is 2. The molecule has 0 bridgehead atoms. The van der Waals surface area contributed by atoms with Crippen LogP contribution < -0.4 is 0 Å². The number of unbranched alkanes of at least 4 members (excludes halogenated alkanes) is 2. The quantitative estimate of drug-likeness (QED) is 0.143. The summed E-state index contributed by atoms with van der Waals surface area (Å²) in [6.07, 6.45) is -5.68. The van der Waals surface area contributed by atoms with Crippen molar-refractivity contribution in [1.82, 2.24) is 0 Å². The molecule has 0 aromatic heterocycles. The first kappa shape index (κ1) is 28.1. The summed E-state index contributed by atoms with van der Waals surface area (Å²) < 4.78 is 50.2. The molecule has 0 saturated carbocycles. The van der Waals surface area contributed by atoms with E-state index in [9.17, 15) is 22.8 Å². The summed E-state index contributed by atoms with van der Waals surface area (Å²) in [5, 5.41) is 0. The van der Waals surface area contributed by atoms with E-state index in [1.165, 1.54) is 24.3 Å². The molecule has 1 unspecified atom stereocenters. The molecule has 0 spiro atoms. The Hall–Kier alpha value is -3.45. The minimum Gasteiger partial charge on any atom is -0.449 e. The van der Waals surface area contributed by atoms with Gasteiger partial charge in [0.1, 0.15) is 0 Å². The maximum absolute atomic E-state index is 13.4. The molecule has 0 heterocycles. The van der Waals surface area contributed by atoms with E-state index in [1.54, 1.807) is 12.1 Å². The Labute approximate surface area is 215 Å². The number of carbonyl (C=O) groups is 2. The topological polar surface area (TPSA) is 52.6 Å². The van der Waals surface area contributed by atoms with Gasteiger partial charge in [-0.15, -0.1) is 0 Å². The van der Waals surface area contributed by atoms with E-state index in [0.717, 1.165) is 16.7 Å². The zero-order chi connectivity index (χ0) is 26.8. The van der Waals surface area contributed by atoms with Crippen molar-refractivity contribution in [2.75, 3.05) is 13.2 Å². The lowest BCUT2D eigenvalue weighted by Gasteiger charge is -2.20. The summed E-state index contributed by atoms with van der Waals surface area (Å²) >= 11 is 0. The van der Waals surface area contributed by atoms with Crippen molar-refractivity contribution in [3.63, 3.8) is 0 Å². The summed E-state index contributed by atoms with van der Waals surface area (Å²) in [6.45, 7) is 4.92. The molecule has 0 N–H and O–H groups in total. The van der Waals surface area contributed by atoms with E-state index in [2.05, 4.69) is 0 Å². The number of aryl methyl sites for hydroxylation is 1. The van der Waals surface area contributed by atoms with Crippen molar-refractivity contribution in [2.24, 2.45) is 0 Å². The molecule has 1 atom stereocenters. The first-order chi connectivity index (χ1) is 17.7. The summed E-state index contributed by atoms with van der Waals surface area (Å²) in [7, 11) is 0. The number of benzene rings is 3. The van der Waals surface area contributed by atoms with Gasteiger partial charge in [-0.25, -0.2) is 4.79 Å². The largest absolute Gasteiger partial charge is 0.449 e. The Morgan fingerprint density at radius 2 is 1.27 bits per heavy atom. The highest BCUT2D eigenvalue weighted by Gasteiger charge is 2.42. The molecule has 3 rings (SSSR count). The van der Waals surface area contributed by atoms with E-state index in [0.29, 0.717) is 37.2 Å². The normalized spacial score (nSPS) is 12.2. The van der Waals surface area contributed by atoms with Crippen LogP contribution in [-0.2, 0) is 9.47 Å². The molecule has 0 radical (unpaired) electrons. The van der Waals surface area contributed by atoms with Gasteiger partial charge in [0.15, 0.2) is 11.9 Å². The van der Waals surface area contributed by atoms with Gasteiger partial charge >= 0.3 is 12.1 Å². The average molecular weight is 513 g/mol. The van der Waals surface area contributed by atoms with Gasteiger partial charge in [-0.2, -0.15) is 13.2 Å². The minimum absolute atomic E-state index is 0.0446. The van der Waals surface area contributed by atoms with E-state index in [-0.39, 0.29) is 24.2 Å². The zero-order valence-electron chi connectivity index (χ0n) is 21.0. The number of alkyl halides is 3. The van der Waals surface area contributed by atoms with Crippen molar-refractivity contribution < 1.29 is 32.2 Å². The Kier molecular flexibility index (Phi) is 10.0. The second-order valence-electron chi connectivity index (χ2n) is 8.83. The second-order valence-corrected chi connectivity index (χ2v) is 8.83. The molecular weight excluding hydrogens is 481 g/mol. The van der Waals surface area contributed by atoms with Crippen LogP contribution >= 0.6 is 0 Å². The van der Waals surface area contributed by atoms with Crippen molar-refractivity contribution in [2.45, 2.75) is 51.8 Å². The number of ketones is 1. The molecule has 0 aliphatic heterocycles. The van der Waals surface area contributed by atoms with Gasteiger partial charge in [0.25, 0.3) is 0 Å². The maximum Gasteiger partial charge on any atom is 0.425 e. The fourth-order valence-corrected chi connectivity index (χ4v) is 3.83. The van der Waals surface area contributed by atoms with Crippen molar-refractivity contribution in [3.8, 4) is 11.1 Å². The molecule has 3 aromatic rings. The van der Waals surface area contributed by atoms with Gasteiger partial charge < -0.3 is 9.47 Å². The third-order valence-electron chi connectivity index (χ3n) is 5.99. The van der Waals surface area contributed by atoms with Crippen LogP contribution in [0.1, 0.15) is 64.4 Å². The Morgan fingerprint density at radius 1 is 0.757 bits per heavy atom. The predicted octanol–water partition coefficient (Wildman–Crippen LogP) is 7.58. The van der Waals surface area contributed by atoms with Crippen molar-refractivity contribution in [1.29, 1.82) is 0 Å². The molecule has 0 amide bonds. The lowest BCUT2D eigenvalue weighted by atomic mass is 9.98. The van der Waals surface area contributed by atoms with Crippen molar-refractivity contribution in [3.05, 3.63) is 95.1 Å². The van der Waals surface area contributed by atoms with Gasteiger partial charge in [0, 0.05) is 24.3 Å². The van der Waals surface area contributed by atoms with Gasteiger partial charge in [-0.1, -0.05) is 72.6 Å². The Morgan fingerprint density at radius 3 is 1.81 bits per heavy atom. The van der Waals surface area contributed by atoms with Crippen LogP contribution in [0, 0.1) is 6.92 Å². The molecular formula is C30H31F3O4. The maximum atomic E-state index is 13.4. The number of hydrogen-bond acceptors (Lipinski definition) is 4. The highest BCUT2D eigenvalue weighted by molar-refractivity contribution is 6.09. The van der Waals surface area contributed by atoms with Crippen LogP contribution in [0.2, 0.25) is 0 Å². The number of carbonyl (C=O) groups excluding carboxylic acids is 2. The summed E-state index contributed by atoms with van der Waals surface area (Å²) in [4.78, 5) is 25.3. The lowest BCUT2D eigenvalue weighted by molar-refractivity contribution is -0.206. The van der Waals surface area contributed by atoms with Gasteiger partial charge in [0.2, 0.25) is 0 Å². The molecule has 4 nitrogen and oxygen atoms in total. The van der Waals surface area contributed by atoms with E-state index in [4.69, 9.17) is 9.47 Å². The van der Waals surface area contributed by atoms with Crippen LogP contribution in [0.5, 0.6) is 0 Å². The molecule has 0 saturated heterocycles. The Balaban J connectivity index is 1.60. The summed E-state index contributed by atoms with van der Waals surface area (Å²) in [6, 6.07) is 20.7. The van der Waals surface area contributed by atoms with E-state index < -0.39 is 18.2 Å².